The minimum Gasteiger partial charge on any atom is -0.393 e. The largest absolute Gasteiger partial charge is 0.393 e. The zero-order chi connectivity index (χ0) is 14.1. The number of ether oxygens (including phenoxy) is 2. The van der Waals surface area contributed by atoms with E-state index in [2.05, 4.69) is 10.3 Å². The summed E-state index contributed by atoms with van der Waals surface area (Å²) in [7, 11) is 0. The topological polar surface area (TPSA) is 150 Å². The molecule has 7 bridgehead atoms. The van der Waals surface area contributed by atoms with Gasteiger partial charge in [0.2, 0.25) is 5.79 Å². The van der Waals surface area contributed by atoms with Crippen molar-refractivity contribution in [2.45, 2.75) is 41.5 Å². The van der Waals surface area contributed by atoms with Gasteiger partial charge >= 0.3 is 0 Å². The molecule has 9 heteroatoms. The second-order valence-electron chi connectivity index (χ2n) is 6.37. The predicted molar refractivity (Wildman–Crippen MR) is 61.0 cm³/mol. The number of nitrogens with zero attached hydrogens (tertiary/aromatic N) is 1. The molecule has 0 amide bonds. The molecule has 0 radical (unpaired) electrons. The highest BCUT2D eigenvalue weighted by atomic mass is 16.7. The number of aliphatic hydroxyl groups excluding tert-OH is 2. The molecule has 0 aromatic rings. The first-order chi connectivity index (χ1) is 9.39. The number of guanidine groups is 1. The maximum absolute atomic E-state index is 10.8. The Morgan fingerprint density at radius 1 is 1.40 bits per heavy atom. The third-order valence-corrected chi connectivity index (χ3v) is 5.74. The molecule has 2 saturated carbocycles. The molecule has 6 aliphatic rings. The van der Waals surface area contributed by atoms with Crippen molar-refractivity contribution in [1.82, 2.24) is 5.32 Å². The number of nitrogens with two attached hydrogens (primary N) is 1. The van der Waals surface area contributed by atoms with Crippen LogP contribution >= 0.6 is 0 Å². The zero-order valence-electron chi connectivity index (χ0n) is 10.3. The Kier molecular flexibility index (Phi) is 1.65. The quantitative estimate of drug-likeness (QED) is 0.284. The smallest absolute Gasteiger partial charge is 0.201 e. The molecule has 4 heterocycles. The minimum atomic E-state index is -1.75. The molecule has 0 aromatic heterocycles. The SMILES string of the molecule is NC1=NC2OC3C4(O)O[C@H]5[C@H](O)[C@]3(N1)[C@@H]2[C@@H]4[C@@]5(O)CO. The first kappa shape index (κ1) is 11.7. The van der Waals surface area contributed by atoms with Crippen molar-refractivity contribution in [3.05, 3.63) is 0 Å². The summed E-state index contributed by atoms with van der Waals surface area (Å²) in [5, 5.41) is 44.6. The van der Waals surface area contributed by atoms with Gasteiger partial charge in [0.05, 0.1) is 12.5 Å². The first-order valence-electron chi connectivity index (χ1n) is 6.58. The molecular weight excluding hydrogens is 270 g/mol. The molecule has 4 aliphatic heterocycles. The predicted octanol–water partition coefficient (Wildman–Crippen LogP) is -4.20. The minimum absolute atomic E-state index is 0.130. The summed E-state index contributed by atoms with van der Waals surface area (Å²) in [6.45, 7) is -0.618. The summed E-state index contributed by atoms with van der Waals surface area (Å²) in [6.07, 6.45) is -3.84. The molecular formula is C11H15N3O6. The molecule has 3 saturated heterocycles. The van der Waals surface area contributed by atoms with Gasteiger partial charge in [0.25, 0.3) is 0 Å². The summed E-state index contributed by atoms with van der Waals surface area (Å²) in [5.74, 6) is -2.93. The fraction of sp³-hybridized carbons (Fsp3) is 0.909. The molecule has 6 rings (SSSR count). The lowest BCUT2D eigenvalue weighted by molar-refractivity contribution is -0.308. The van der Waals surface area contributed by atoms with E-state index in [4.69, 9.17) is 15.2 Å². The van der Waals surface area contributed by atoms with E-state index in [1.54, 1.807) is 0 Å². The van der Waals surface area contributed by atoms with Crippen molar-refractivity contribution < 1.29 is 29.9 Å². The van der Waals surface area contributed by atoms with Crippen molar-refractivity contribution in [2.75, 3.05) is 6.61 Å². The van der Waals surface area contributed by atoms with Gasteiger partial charge in [-0.1, -0.05) is 0 Å². The molecule has 1 spiro atoms. The number of rotatable bonds is 1. The lowest BCUT2D eigenvalue weighted by atomic mass is 9.63. The van der Waals surface area contributed by atoms with Crippen LogP contribution in [0.25, 0.3) is 0 Å². The monoisotopic (exact) mass is 285 g/mol. The average Bonchev–Trinajstić information content (AvgIpc) is 2.81. The van der Waals surface area contributed by atoms with Crippen molar-refractivity contribution in [2.24, 2.45) is 22.6 Å². The lowest BCUT2D eigenvalue weighted by Gasteiger charge is -2.51. The molecule has 3 unspecified atom stereocenters. The number of aliphatic imine (C=N–C) groups is 1. The van der Waals surface area contributed by atoms with Crippen LogP contribution in [0.3, 0.4) is 0 Å². The summed E-state index contributed by atoms with van der Waals surface area (Å²) >= 11 is 0. The van der Waals surface area contributed by atoms with Gasteiger partial charge in [-0.25, -0.2) is 4.99 Å². The van der Waals surface area contributed by atoms with Crippen molar-refractivity contribution in [3.8, 4) is 0 Å². The van der Waals surface area contributed by atoms with Gasteiger partial charge in [-0.3, -0.25) is 0 Å². The highest BCUT2D eigenvalue weighted by molar-refractivity contribution is 5.81. The standard InChI is InChI=1S/C11H15N3O6/c12-8-13-6-2-3-9(17,1-15)5-4(16)10(2,14-8)7(19-6)11(3,18)20-5/h2-7,15-18H,1H2,(H3,12,13,14)/t2-,3-,4+,5+,6?,7?,9+,10-,11?/m1/s1. The summed E-state index contributed by atoms with van der Waals surface area (Å²) in [4.78, 5) is 4.11. The van der Waals surface area contributed by atoms with E-state index in [0.717, 1.165) is 0 Å². The third kappa shape index (κ3) is 0.798. The molecule has 7 N–H and O–H groups in total. The Hall–Kier alpha value is -0.970. The van der Waals surface area contributed by atoms with Gasteiger partial charge in [0, 0.05) is 5.92 Å². The number of aliphatic hydroxyl groups is 4. The van der Waals surface area contributed by atoms with Crippen LogP contribution in [0, 0.1) is 11.8 Å². The first-order valence-corrected chi connectivity index (χ1v) is 6.58. The molecule has 9 nitrogen and oxygen atoms in total. The Morgan fingerprint density at radius 2 is 2.15 bits per heavy atom. The van der Waals surface area contributed by atoms with Crippen LogP contribution < -0.4 is 11.1 Å². The Labute approximate surface area is 113 Å². The fourth-order valence-corrected chi connectivity index (χ4v) is 5.19. The van der Waals surface area contributed by atoms with Crippen molar-refractivity contribution >= 4 is 5.96 Å². The lowest BCUT2D eigenvalue weighted by Crippen LogP contribution is -2.77. The van der Waals surface area contributed by atoms with Gasteiger partial charge in [-0.15, -0.1) is 0 Å². The Morgan fingerprint density at radius 3 is 2.85 bits per heavy atom. The molecule has 2 aliphatic carbocycles. The second kappa shape index (κ2) is 2.82. The van der Waals surface area contributed by atoms with Gasteiger partial charge in [0.1, 0.15) is 29.5 Å². The summed E-state index contributed by atoms with van der Waals surface area (Å²) in [6, 6.07) is 0. The van der Waals surface area contributed by atoms with E-state index < -0.39 is 59.9 Å². The van der Waals surface area contributed by atoms with Crippen LogP contribution in [0.1, 0.15) is 0 Å². The van der Waals surface area contributed by atoms with Crippen molar-refractivity contribution in [1.29, 1.82) is 0 Å². The van der Waals surface area contributed by atoms with Crippen LogP contribution in [-0.2, 0) is 9.47 Å². The second-order valence-corrected chi connectivity index (χ2v) is 6.37. The van der Waals surface area contributed by atoms with Gasteiger partial charge < -0.3 is 41.0 Å². The van der Waals surface area contributed by atoms with Gasteiger partial charge in [-0.05, 0) is 0 Å². The maximum Gasteiger partial charge on any atom is 0.201 e. The molecule has 9 atom stereocenters. The van der Waals surface area contributed by atoms with Gasteiger partial charge in [0.15, 0.2) is 12.2 Å². The zero-order valence-corrected chi connectivity index (χ0v) is 10.3. The van der Waals surface area contributed by atoms with Crippen LogP contribution in [0.4, 0.5) is 0 Å². The normalized spacial score (nSPS) is 68.3. The van der Waals surface area contributed by atoms with E-state index in [9.17, 15) is 20.4 Å². The number of hydrogen-bond acceptors (Lipinski definition) is 9. The fourth-order valence-electron chi connectivity index (χ4n) is 5.19. The molecule has 0 aromatic carbocycles. The highest BCUT2D eigenvalue weighted by Crippen LogP contribution is 2.71. The van der Waals surface area contributed by atoms with E-state index in [0.29, 0.717) is 0 Å². The maximum atomic E-state index is 10.8. The molecule has 110 valence electrons. The summed E-state index contributed by atoms with van der Waals surface area (Å²) in [5.41, 5.74) is 2.97. The highest BCUT2D eigenvalue weighted by Gasteiger charge is 2.92. The summed E-state index contributed by atoms with van der Waals surface area (Å²) < 4.78 is 11.1. The van der Waals surface area contributed by atoms with E-state index in [1.807, 2.05) is 0 Å². The van der Waals surface area contributed by atoms with Gasteiger partial charge in [-0.2, -0.15) is 0 Å². The number of nitrogens with one attached hydrogen (secondary N) is 1. The van der Waals surface area contributed by atoms with Crippen LogP contribution in [0.2, 0.25) is 0 Å². The molecule has 5 fully saturated rings. The van der Waals surface area contributed by atoms with Crippen LogP contribution in [0.5, 0.6) is 0 Å². The van der Waals surface area contributed by atoms with Crippen LogP contribution in [-0.4, -0.2) is 74.5 Å². The van der Waals surface area contributed by atoms with E-state index >= 15 is 0 Å². The number of hydrogen-bond donors (Lipinski definition) is 6. The Bertz CT molecular complexity index is 558. The van der Waals surface area contributed by atoms with E-state index in [-0.39, 0.29) is 5.96 Å². The van der Waals surface area contributed by atoms with E-state index in [1.165, 1.54) is 0 Å². The van der Waals surface area contributed by atoms with Crippen LogP contribution in [0.15, 0.2) is 4.99 Å². The Balaban J connectivity index is 1.78. The van der Waals surface area contributed by atoms with Crippen molar-refractivity contribution in [3.63, 3.8) is 0 Å². The third-order valence-electron chi connectivity index (χ3n) is 5.74. The molecule has 20 heavy (non-hydrogen) atoms. The average molecular weight is 285 g/mol.